The minimum Gasteiger partial charge on any atom is -0.320 e. The van der Waals surface area contributed by atoms with Crippen LogP contribution in [0.15, 0.2) is 0 Å². The Labute approximate surface area is 101 Å². The number of nitrogens with zero attached hydrogens (tertiary/aromatic N) is 2. The number of likely N-dealkylation sites (tertiary alicyclic amines) is 1. The molecular weight excluding hydrogens is 198 g/mol. The van der Waals surface area contributed by atoms with Crippen molar-refractivity contribution in [3.05, 3.63) is 0 Å². The number of piperidine rings is 1. The number of unbranched alkanes of at least 4 members (excludes halogenated alkanes) is 1. The fourth-order valence-electron chi connectivity index (χ4n) is 2.55. The van der Waals surface area contributed by atoms with E-state index in [1.54, 1.807) is 0 Å². The van der Waals surface area contributed by atoms with Gasteiger partial charge in [-0.05, 0) is 78.9 Å². The molecule has 1 heterocycles. The Morgan fingerprint density at radius 3 is 2.44 bits per heavy atom. The molecule has 0 aliphatic carbocycles. The zero-order chi connectivity index (χ0) is 11.8. The molecule has 0 bridgehead atoms. The van der Waals surface area contributed by atoms with E-state index in [1.807, 2.05) is 7.05 Å². The Morgan fingerprint density at radius 1 is 1.19 bits per heavy atom. The number of hydrogen-bond acceptors (Lipinski definition) is 3. The zero-order valence-electron chi connectivity index (χ0n) is 11.3. The fraction of sp³-hybridized carbons (Fsp3) is 1.00. The molecule has 1 N–H and O–H groups in total. The van der Waals surface area contributed by atoms with Crippen LogP contribution in [-0.2, 0) is 0 Å². The summed E-state index contributed by atoms with van der Waals surface area (Å²) in [7, 11) is 6.40. The Morgan fingerprint density at radius 2 is 1.88 bits per heavy atom. The topological polar surface area (TPSA) is 18.5 Å². The Balaban J connectivity index is 2.03. The summed E-state index contributed by atoms with van der Waals surface area (Å²) in [6.45, 7) is 6.37. The third-order valence-electron chi connectivity index (χ3n) is 3.48. The van der Waals surface area contributed by atoms with Crippen LogP contribution in [0.1, 0.15) is 25.7 Å². The lowest BCUT2D eigenvalue weighted by Crippen LogP contribution is -2.37. The van der Waals surface area contributed by atoms with Gasteiger partial charge in [0, 0.05) is 6.54 Å². The molecule has 0 aromatic carbocycles. The number of hydrogen-bond donors (Lipinski definition) is 1. The number of rotatable bonds is 7. The maximum absolute atomic E-state index is 3.21. The van der Waals surface area contributed by atoms with E-state index in [2.05, 4.69) is 29.2 Å². The van der Waals surface area contributed by atoms with Gasteiger partial charge in [-0.3, -0.25) is 0 Å². The molecule has 0 saturated carbocycles. The first-order valence-electron chi connectivity index (χ1n) is 6.74. The highest BCUT2D eigenvalue weighted by Gasteiger charge is 2.18. The molecule has 0 aromatic heterocycles. The van der Waals surface area contributed by atoms with Crippen LogP contribution in [0.5, 0.6) is 0 Å². The Kier molecular flexibility index (Phi) is 7.01. The predicted molar refractivity (Wildman–Crippen MR) is 70.9 cm³/mol. The summed E-state index contributed by atoms with van der Waals surface area (Å²) >= 11 is 0. The first-order valence-corrected chi connectivity index (χ1v) is 6.74. The van der Waals surface area contributed by atoms with E-state index in [-0.39, 0.29) is 0 Å². The molecule has 0 amide bonds. The summed E-state index contributed by atoms with van der Waals surface area (Å²) in [5, 5.41) is 3.21. The highest BCUT2D eigenvalue weighted by Crippen LogP contribution is 2.17. The van der Waals surface area contributed by atoms with Gasteiger partial charge in [0.2, 0.25) is 0 Å². The van der Waals surface area contributed by atoms with Crippen LogP contribution >= 0.6 is 0 Å². The maximum atomic E-state index is 3.21. The summed E-state index contributed by atoms with van der Waals surface area (Å²) in [5.41, 5.74) is 0. The standard InChI is InChI=1S/C13H29N3/c1-14-8-4-5-9-16-10-6-13(7-11-16)12-15(2)3/h13-14H,4-12H2,1-3H3. The SMILES string of the molecule is CNCCCCN1CCC(CN(C)C)CC1. The van der Waals surface area contributed by atoms with Crippen LogP contribution in [0, 0.1) is 5.92 Å². The van der Waals surface area contributed by atoms with E-state index < -0.39 is 0 Å². The molecule has 3 nitrogen and oxygen atoms in total. The summed E-state index contributed by atoms with van der Waals surface area (Å²) in [4.78, 5) is 4.97. The van der Waals surface area contributed by atoms with Crippen molar-refractivity contribution in [2.75, 3.05) is 53.9 Å². The minimum atomic E-state index is 0.934. The van der Waals surface area contributed by atoms with Crippen molar-refractivity contribution in [1.29, 1.82) is 0 Å². The third-order valence-corrected chi connectivity index (χ3v) is 3.48. The highest BCUT2D eigenvalue weighted by molar-refractivity contribution is 4.73. The molecule has 0 aromatic rings. The summed E-state index contributed by atoms with van der Waals surface area (Å²) in [6, 6.07) is 0. The van der Waals surface area contributed by atoms with E-state index in [4.69, 9.17) is 0 Å². The monoisotopic (exact) mass is 227 g/mol. The lowest BCUT2D eigenvalue weighted by molar-refractivity contribution is 0.160. The van der Waals surface area contributed by atoms with Crippen molar-refractivity contribution in [3.63, 3.8) is 0 Å². The van der Waals surface area contributed by atoms with Gasteiger partial charge in [-0.1, -0.05) is 0 Å². The maximum Gasteiger partial charge on any atom is 0.000451 e. The van der Waals surface area contributed by atoms with Gasteiger partial charge < -0.3 is 15.1 Å². The van der Waals surface area contributed by atoms with Gasteiger partial charge in [-0.15, -0.1) is 0 Å². The molecule has 1 aliphatic heterocycles. The third kappa shape index (κ3) is 5.83. The van der Waals surface area contributed by atoms with Gasteiger partial charge in [0.1, 0.15) is 0 Å². The van der Waals surface area contributed by atoms with Crippen molar-refractivity contribution in [2.24, 2.45) is 5.92 Å². The summed E-state index contributed by atoms with van der Waals surface area (Å²) < 4.78 is 0. The molecule has 0 spiro atoms. The van der Waals surface area contributed by atoms with E-state index in [1.165, 1.54) is 51.9 Å². The van der Waals surface area contributed by atoms with Crippen molar-refractivity contribution >= 4 is 0 Å². The lowest BCUT2D eigenvalue weighted by Gasteiger charge is -2.33. The molecule has 0 atom stereocenters. The van der Waals surface area contributed by atoms with Gasteiger partial charge in [0.25, 0.3) is 0 Å². The normalized spacial score (nSPS) is 19.5. The van der Waals surface area contributed by atoms with Gasteiger partial charge in [-0.25, -0.2) is 0 Å². The average molecular weight is 227 g/mol. The average Bonchev–Trinajstić information content (AvgIpc) is 2.26. The van der Waals surface area contributed by atoms with E-state index in [9.17, 15) is 0 Å². The molecular formula is C13H29N3. The van der Waals surface area contributed by atoms with Crippen LogP contribution in [0.3, 0.4) is 0 Å². The van der Waals surface area contributed by atoms with Gasteiger partial charge in [0.15, 0.2) is 0 Å². The Bertz CT molecular complexity index is 163. The van der Waals surface area contributed by atoms with Crippen molar-refractivity contribution < 1.29 is 0 Å². The summed E-state index contributed by atoms with van der Waals surface area (Å²) in [6.07, 6.45) is 5.45. The van der Waals surface area contributed by atoms with Crippen LogP contribution < -0.4 is 5.32 Å². The second-order valence-electron chi connectivity index (χ2n) is 5.36. The van der Waals surface area contributed by atoms with Gasteiger partial charge in [0.05, 0.1) is 0 Å². The van der Waals surface area contributed by atoms with E-state index >= 15 is 0 Å². The minimum absolute atomic E-state index is 0.934. The van der Waals surface area contributed by atoms with Crippen molar-refractivity contribution in [1.82, 2.24) is 15.1 Å². The predicted octanol–water partition coefficient (Wildman–Crippen LogP) is 1.26. The fourth-order valence-corrected chi connectivity index (χ4v) is 2.55. The van der Waals surface area contributed by atoms with Gasteiger partial charge >= 0.3 is 0 Å². The van der Waals surface area contributed by atoms with Crippen LogP contribution in [-0.4, -0.2) is 63.7 Å². The first-order chi connectivity index (χ1) is 7.72. The second kappa shape index (κ2) is 8.04. The van der Waals surface area contributed by atoms with Crippen LogP contribution in [0.4, 0.5) is 0 Å². The molecule has 3 heteroatoms. The largest absolute Gasteiger partial charge is 0.320 e. The van der Waals surface area contributed by atoms with Crippen LogP contribution in [0.2, 0.25) is 0 Å². The number of nitrogens with one attached hydrogen (secondary N) is 1. The first kappa shape index (κ1) is 13.9. The zero-order valence-corrected chi connectivity index (χ0v) is 11.3. The van der Waals surface area contributed by atoms with Crippen LogP contribution in [0.25, 0.3) is 0 Å². The molecule has 1 aliphatic rings. The molecule has 1 saturated heterocycles. The molecule has 16 heavy (non-hydrogen) atoms. The molecule has 1 rings (SSSR count). The van der Waals surface area contributed by atoms with E-state index in [0.29, 0.717) is 0 Å². The molecule has 0 unspecified atom stereocenters. The smallest absolute Gasteiger partial charge is 0.000451 e. The Hall–Kier alpha value is -0.120. The molecule has 0 radical (unpaired) electrons. The molecule has 96 valence electrons. The molecule has 1 fully saturated rings. The highest BCUT2D eigenvalue weighted by atomic mass is 15.1. The lowest BCUT2D eigenvalue weighted by atomic mass is 9.96. The quantitative estimate of drug-likeness (QED) is 0.661. The van der Waals surface area contributed by atoms with Crippen molar-refractivity contribution in [2.45, 2.75) is 25.7 Å². The second-order valence-corrected chi connectivity index (χ2v) is 5.36. The summed E-state index contributed by atoms with van der Waals surface area (Å²) in [5.74, 6) is 0.934. The van der Waals surface area contributed by atoms with Crippen molar-refractivity contribution in [3.8, 4) is 0 Å². The van der Waals surface area contributed by atoms with Gasteiger partial charge in [-0.2, -0.15) is 0 Å². The van der Waals surface area contributed by atoms with E-state index in [0.717, 1.165) is 12.5 Å².